The zero-order valence-electron chi connectivity index (χ0n) is 11.6. The Morgan fingerprint density at radius 2 is 2.00 bits per heavy atom. The van der Waals surface area contributed by atoms with Gasteiger partial charge in [-0.05, 0) is 20.8 Å². The molecule has 0 spiro atoms. The lowest BCUT2D eigenvalue weighted by Gasteiger charge is -2.25. The van der Waals surface area contributed by atoms with Gasteiger partial charge in [0.2, 0.25) is 5.91 Å². The zero-order valence-corrected chi connectivity index (χ0v) is 12.4. The minimum Gasteiger partial charge on any atom is -0.465 e. The maximum atomic E-state index is 11.9. The van der Waals surface area contributed by atoms with Crippen LogP contribution in [0.5, 0.6) is 0 Å². The molecule has 0 aromatic heterocycles. The second-order valence-corrected chi connectivity index (χ2v) is 5.07. The molecular formula is C12H23NO4S. The van der Waals surface area contributed by atoms with Crippen LogP contribution in [0.4, 0.5) is 0 Å². The smallest absolute Gasteiger partial charge is 0.325 e. The van der Waals surface area contributed by atoms with Crippen molar-refractivity contribution in [3.05, 3.63) is 0 Å². The lowest BCUT2D eigenvalue weighted by Crippen LogP contribution is -2.42. The lowest BCUT2D eigenvalue weighted by atomic mass is 10.3. The predicted molar refractivity (Wildman–Crippen MR) is 72.7 cm³/mol. The van der Waals surface area contributed by atoms with Crippen molar-refractivity contribution in [3.63, 3.8) is 0 Å². The molecule has 1 amide bonds. The highest BCUT2D eigenvalue weighted by molar-refractivity contribution is 7.99. The minimum absolute atomic E-state index is 0.00932. The van der Waals surface area contributed by atoms with Gasteiger partial charge in [-0.15, -0.1) is 11.8 Å². The third-order valence-electron chi connectivity index (χ3n) is 2.21. The average molecular weight is 277 g/mol. The molecule has 0 radical (unpaired) electrons. The van der Waals surface area contributed by atoms with Crippen molar-refractivity contribution in [1.82, 2.24) is 4.90 Å². The van der Waals surface area contributed by atoms with E-state index in [1.165, 1.54) is 16.7 Å². The monoisotopic (exact) mass is 277 g/mol. The Kier molecular flexibility index (Phi) is 9.77. The number of methoxy groups -OCH3 is 1. The number of hydrogen-bond donors (Lipinski definition) is 0. The van der Waals surface area contributed by atoms with Crippen LogP contribution in [0.2, 0.25) is 0 Å². The maximum absolute atomic E-state index is 11.9. The van der Waals surface area contributed by atoms with E-state index in [-0.39, 0.29) is 24.5 Å². The highest BCUT2D eigenvalue weighted by atomic mass is 32.2. The summed E-state index contributed by atoms with van der Waals surface area (Å²) in [6.07, 6.45) is 0. The van der Waals surface area contributed by atoms with Crippen molar-refractivity contribution in [1.29, 1.82) is 0 Å². The summed E-state index contributed by atoms with van der Waals surface area (Å²) in [7, 11) is 1.63. The van der Waals surface area contributed by atoms with Gasteiger partial charge in [-0.25, -0.2) is 0 Å². The van der Waals surface area contributed by atoms with Crippen LogP contribution in [0, 0.1) is 0 Å². The molecule has 0 atom stereocenters. The van der Waals surface area contributed by atoms with E-state index < -0.39 is 0 Å². The fraction of sp³-hybridized carbons (Fsp3) is 0.833. The number of ether oxygens (including phenoxy) is 2. The molecular weight excluding hydrogens is 254 g/mol. The average Bonchev–Trinajstić information content (AvgIpc) is 2.31. The van der Waals surface area contributed by atoms with Crippen LogP contribution in [-0.2, 0) is 19.1 Å². The Bertz CT molecular complexity index is 258. The number of carbonyl (C=O) groups excluding carboxylic acids is 2. The SMILES string of the molecule is CCOC(=O)CN(C(=O)CSCCOC)C(C)C. The second-order valence-electron chi connectivity index (χ2n) is 3.97. The standard InChI is InChI=1S/C12H23NO4S/c1-5-17-12(15)8-13(10(2)3)11(14)9-18-7-6-16-4/h10H,5-9H2,1-4H3. The molecule has 0 rings (SSSR count). The molecule has 0 fully saturated rings. The van der Waals surface area contributed by atoms with Gasteiger partial charge in [0, 0.05) is 18.9 Å². The molecule has 106 valence electrons. The van der Waals surface area contributed by atoms with Crippen LogP contribution < -0.4 is 0 Å². The van der Waals surface area contributed by atoms with Crippen molar-refractivity contribution >= 4 is 23.6 Å². The van der Waals surface area contributed by atoms with E-state index in [1.54, 1.807) is 14.0 Å². The van der Waals surface area contributed by atoms with Gasteiger partial charge in [0.05, 0.1) is 19.0 Å². The van der Waals surface area contributed by atoms with Gasteiger partial charge >= 0.3 is 5.97 Å². The lowest BCUT2D eigenvalue weighted by molar-refractivity contribution is -0.149. The summed E-state index contributed by atoms with van der Waals surface area (Å²) in [6, 6.07) is -0.00932. The molecule has 0 aromatic carbocycles. The Labute approximate surface area is 113 Å². The van der Waals surface area contributed by atoms with E-state index in [2.05, 4.69) is 0 Å². The number of hydrogen-bond acceptors (Lipinski definition) is 5. The summed E-state index contributed by atoms with van der Waals surface area (Å²) in [6.45, 7) is 6.50. The summed E-state index contributed by atoms with van der Waals surface area (Å²) < 4.78 is 9.76. The third-order valence-corrected chi connectivity index (χ3v) is 3.11. The number of nitrogens with zero attached hydrogens (tertiary/aromatic N) is 1. The molecule has 0 aliphatic heterocycles. The largest absolute Gasteiger partial charge is 0.465 e. The fourth-order valence-corrected chi connectivity index (χ4v) is 2.06. The topological polar surface area (TPSA) is 55.8 Å². The molecule has 6 heteroatoms. The summed E-state index contributed by atoms with van der Waals surface area (Å²) in [5.74, 6) is 0.731. The molecule has 0 bridgehead atoms. The first-order valence-corrected chi connectivity index (χ1v) is 7.20. The number of thioether (sulfide) groups is 1. The number of carbonyl (C=O) groups is 2. The summed E-state index contributed by atoms with van der Waals surface area (Å²) in [5.41, 5.74) is 0. The third kappa shape index (κ3) is 7.55. The summed E-state index contributed by atoms with van der Waals surface area (Å²) >= 11 is 1.50. The van der Waals surface area contributed by atoms with Gasteiger partial charge in [-0.2, -0.15) is 0 Å². The molecule has 0 saturated carbocycles. The van der Waals surface area contributed by atoms with Crippen molar-refractivity contribution in [3.8, 4) is 0 Å². The molecule has 0 N–H and O–H groups in total. The second kappa shape index (κ2) is 10.2. The summed E-state index contributed by atoms with van der Waals surface area (Å²) in [5, 5.41) is 0. The Morgan fingerprint density at radius 1 is 1.33 bits per heavy atom. The Morgan fingerprint density at radius 3 is 2.50 bits per heavy atom. The number of esters is 1. The van der Waals surface area contributed by atoms with Crippen LogP contribution in [0.3, 0.4) is 0 Å². The molecule has 0 aliphatic rings. The van der Waals surface area contributed by atoms with Crippen LogP contribution in [-0.4, -0.2) is 61.2 Å². The number of amides is 1. The Balaban J connectivity index is 4.15. The first-order chi connectivity index (χ1) is 8.52. The molecule has 18 heavy (non-hydrogen) atoms. The molecule has 0 saturated heterocycles. The van der Waals surface area contributed by atoms with Crippen LogP contribution in [0.1, 0.15) is 20.8 Å². The van der Waals surface area contributed by atoms with E-state index in [1.807, 2.05) is 13.8 Å². The quantitative estimate of drug-likeness (QED) is 0.468. The minimum atomic E-state index is -0.360. The van der Waals surface area contributed by atoms with Crippen molar-refractivity contribution < 1.29 is 19.1 Å². The van der Waals surface area contributed by atoms with Crippen molar-refractivity contribution in [2.45, 2.75) is 26.8 Å². The maximum Gasteiger partial charge on any atom is 0.325 e. The van der Waals surface area contributed by atoms with Gasteiger partial charge in [-0.3, -0.25) is 9.59 Å². The van der Waals surface area contributed by atoms with Crippen LogP contribution >= 0.6 is 11.8 Å². The molecule has 0 aliphatic carbocycles. The van der Waals surface area contributed by atoms with Gasteiger partial charge in [0.15, 0.2) is 0 Å². The summed E-state index contributed by atoms with van der Waals surface area (Å²) in [4.78, 5) is 24.9. The molecule has 0 aromatic rings. The highest BCUT2D eigenvalue weighted by Gasteiger charge is 2.20. The van der Waals surface area contributed by atoms with Crippen molar-refractivity contribution in [2.75, 3.05) is 38.4 Å². The Hall–Kier alpha value is -0.750. The van der Waals surface area contributed by atoms with Crippen molar-refractivity contribution in [2.24, 2.45) is 0 Å². The normalized spacial score (nSPS) is 10.5. The molecule has 5 nitrogen and oxygen atoms in total. The van der Waals surface area contributed by atoms with E-state index in [4.69, 9.17) is 9.47 Å². The van der Waals surface area contributed by atoms with Crippen LogP contribution in [0.15, 0.2) is 0 Å². The first kappa shape index (κ1) is 17.2. The van der Waals surface area contributed by atoms with E-state index in [9.17, 15) is 9.59 Å². The van der Waals surface area contributed by atoms with Gasteiger partial charge in [0.25, 0.3) is 0 Å². The molecule has 0 unspecified atom stereocenters. The predicted octanol–water partition coefficient (Wildman–Crippen LogP) is 1.17. The molecule has 0 heterocycles. The van der Waals surface area contributed by atoms with Gasteiger partial charge in [0.1, 0.15) is 6.54 Å². The van der Waals surface area contributed by atoms with Gasteiger partial charge < -0.3 is 14.4 Å². The fourth-order valence-electron chi connectivity index (χ4n) is 1.29. The highest BCUT2D eigenvalue weighted by Crippen LogP contribution is 2.06. The van der Waals surface area contributed by atoms with E-state index >= 15 is 0 Å². The first-order valence-electron chi connectivity index (χ1n) is 6.04. The van der Waals surface area contributed by atoms with Crippen LogP contribution in [0.25, 0.3) is 0 Å². The number of rotatable bonds is 9. The zero-order chi connectivity index (χ0) is 14.0. The van der Waals surface area contributed by atoms with Gasteiger partial charge in [-0.1, -0.05) is 0 Å². The van der Waals surface area contributed by atoms with E-state index in [0.717, 1.165) is 5.75 Å². The van der Waals surface area contributed by atoms with E-state index in [0.29, 0.717) is 19.0 Å².